The number of nitrogens with zero attached hydrogens (tertiary/aromatic N) is 2. The van der Waals surface area contributed by atoms with E-state index in [1.807, 2.05) is 30.3 Å². The van der Waals surface area contributed by atoms with Crippen LogP contribution in [0.25, 0.3) is 10.2 Å². The Morgan fingerprint density at radius 2 is 1.94 bits per heavy atom. The third-order valence-corrected chi connectivity index (χ3v) is 8.46. The number of carbonyl (C=O) groups excluding carboxylic acids is 1. The van der Waals surface area contributed by atoms with E-state index >= 15 is 0 Å². The van der Waals surface area contributed by atoms with Crippen molar-refractivity contribution in [3.05, 3.63) is 80.6 Å². The highest BCUT2D eigenvalue weighted by Crippen LogP contribution is 2.41. The summed E-state index contributed by atoms with van der Waals surface area (Å²) in [5.41, 5.74) is 3.32. The van der Waals surface area contributed by atoms with Crippen LogP contribution in [0.1, 0.15) is 39.7 Å². The number of Topliss-reactive ketones (excluding diaryl/α,β-unsaturated/α-hetero) is 1. The van der Waals surface area contributed by atoms with Crippen LogP contribution in [0.15, 0.2) is 64.2 Å². The van der Waals surface area contributed by atoms with Crippen LogP contribution in [-0.2, 0) is 19.4 Å². The second kappa shape index (κ2) is 9.95. The maximum atomic E-state index is 12.7. The molecule has 0 spiro atoms. The summed E-state index contributed by atoms with van der Waals surface area (Å²) in [5.74, 6) is 1.98. The van der Waals surface area contributed by atoms with Crippen molar-refractivity contribution in [1.29, 1.82) is 0 Å². The molecule has 4 aromatic rings. The van der Waals surface area contributed by atoms with E-state index in [0.29, 0.717) is 28.9 Å². The molecule has 168 valence electrons. The average Bonchev–Trinajstić information content (AvgIpc) is 3.19. The van der Waals surface area contributed by atoms with Gasteiger partial charge >= 0.3 is 0 Å². The molecule has 2 aromatic heterocycles. The van der Waals surface area contributed by atoms with Crippen LogP contribution < -0.4 is 5.32 Å². The van der Waals surface area contributed by atoms with E-state index in [1.165, 1.54) is 39.6 Å². The summed E-state index contributed by atoms with van der Waals surface area (Å²) < 4.78 is 0.964. The van der Waals surface area contributed by atoms with Crippen LogP contribution >= 0.6 is 39.0 Å². The van der Waals surface area contributed by atoms with Crippen molar-refractivity contribution in [1.82, 2.24) is 9.97 Å². The quantitative estimate of drug-likeness (QED) is 0.154. The van der Waals surface area contributed by atoms with Crippen LogP contribution in [0.5, 0.6) is 0 Å². The molecule has 0 unspecified atom stereocenters. The van der Waals surface area contributed by atoms with E-state index in [-0.39, 0.29) is 5.78 Å². The fourth-order valence-electron chi connectivity index (χ4n) is 4.15. The van der Waals surface area contributed by atoms with Gasteiger partial charge in [-0.05, 0) is 48.4 Å². The number of nitrogens with one attached hydrogen (secondary N) is 1. The number of carbonyl (C=O) groups is 1. The second-order valence-electron chi connectivity index (χ2n) is 8.44. The van der Waals surface area contributed by atoms with Crippen LogP contribution in [0, 0.1) is 5.92 Å². The SMILES string of the molecule is C[C@H]1CCc2c(sc3nc(SCC(=O)c4ccc(Br)cc4)nc(NCc4ccccc4)c23)C1. The second-order valence-corrected chi connectivity index (χ2v) is 11.4. The smallest absolute Gasteiger partial charge is 0.191 e. The Labute approximate surface area is 210 Å². The maximum absolute atomic E-state index is 12.7. The van der Waals surface area contributed by atoms with Crippen LogP contribution in [0.4, 0.5) is 5.82 Å². The predicted molar refractivity (Wildman–Crippen MR) is 142 cm³/mol. The number of hydrogen-bond donors (Lipinski definition) is 1. The normalized spacial score (nSPS) is 15.4. The minimum atomic E-state index is 0.0780. The molecular weight excluding hydrogens is 514 g/mol. The van der Waals surface area contributed by atoms with Gasteiger partial charge in [-0.2, -0.15) is 0 Å². The summed E-state index contributed by atoms with van der Waals surface area (Å²) in [6, 6.07) is 17.8. The third kappa shape index (κ3) is 5.15. The van der Waals surface area contributed by atoms with E-state index < -0.39 is 0 Å². The zero-order valence-electron chi connectivity index (χ0n) is 18.3. The standard InChI is InChI=1S/C26H24BrN3OS2/c1-16-7-12-20-22(13-16)33-25-23(20)24(28-14-17-5-3-2-4-6-17)29-26(30-25)32-15-21(31)18-8-10-19(27)11-9-18/h2-6,8-11,16H,7,12-15H2,1H3,(H,28,29,30)/t16-/m0/s1. The number of aryl methyl sites for hydroxylation is 1. The van der Waals surface area contributed by atoms with E-state index in [2.05, 4.69) is 52.4 Å². The molecule has 33 heavy (non-hydrogen) atoms. The van der Waals surface area contributed by atoms with Crippen molar-refractivity contribution in [3.8, 4) is 0 Å². The Bertz CT molecular complexity index is 1290. The molecule has 1 aliphatic rings. The number of rotatable bonds is 7. The summed E-state index contributed by atoms with van der Waals surface area (Å²) >= 11 is 6.62. The summed E-state index contributed by atoms with van der Waals surface area (Å²) in [6.07, 6.45) is 3.39. The molecule has 0 saturated carbocycles. The lowest BCUT2D eigenvalue weighted by Crippen LogP contribution is -2.10. The molecule has 1 N–H and O–H groups in total. The molecule has 0 bridgehead atoms. The molecule has 1 atom stereocenters. The number of ketones is 1. The summed E-state index contributed by atoms with van der Waals surface area (Å²) in [7, 11) is 0. The molecule has 1 aliphatic carbocycles. The van der Waals surface area contributed by atoms with Crippen LogP contribution in [0.2, 0.25) is 0 Å². The van der Waals surface area contributed by atoms with Crippen LogP contribution in [-0.4, -0.2) is 21.5 Å². The molecule has 0 fully saturated rings. The molecule has 0 saturated heterocycles. The molecule has 0 amide bonds. The van der Waals surface area contributed by atoms with Gasteiger partial charge in [-0.15, -0.1) is 11.3 Å². The van der Waals surface area contributed by atoms with Crippen molar-refractivity contribution < 1.29 is 4.79 Å². The first kappa shape index (κ1) is 22.6. The largest absolute Gasteiger partial charge is 0.365 e. The van der Waals surface area contributed by atoms with Gasteiger partial charge in [0.2, 0.25) is 0 Å². The lowest BCUT2D eigenvalue weighted by atomic mass is 9.89. The third-order valence-electron chi connectivity index (χ3n) is 5.94. The summed E-state index contributed by atoms with van der Waals surface area (Å²) in [4.78, 5) is 24.9. The number of benzene rings is 2. The van der Waals surface area contributed by atoms with Crippen molar-refractivity contribution in [3.63, 3.8) is 0 Å². The first-order valence-corrected chi connectivity index (χ1v) is 13.7. The van der Waals surface area contributed by atoms with Crippen molar-refractivity contribution in [2.24, 2.45) is 5.92 Å². The van der Waals surface area contributed by atoms with Gasteiger partial charge in [0.15, 0.2) is 10.9 Å². The van der Waals surface area contributed by atoms with E-state index in [4.69, 9.17) is 9.97 Å². The highest BCUT2D eigenvalue weighted by molar-refractivity contribution is 9.10. The number of halogens is 1. The number of anilines is 1. The van der Waals surface area contributed by atoms with Crippen molar-refractivity contribution >= 4 is 60.8 Å². The molecule has 4 nitrogen and oxygen atoms in total. The van der Waals surface area contributed by atoms with Gasteiger partial charge in [-0.1, -0.05) is 77.1 Å². The topological polar surface area (TPSA) is 54.9 Å². The predicted octanol–water partition coefficient (Wildman–Crippen LogP) is 7.17. The monoisotopic (exact) mass is 537 g/mol. The summed E-state index contributed by atoms with van der Waals surface area (Å²) in [5, 5.41) is 5.39. The molecule has 0 aliphatic heterocycles. The maximum Gasteiger partial charge on any atom is 0.191 e. The first-order valence-electron chi connectivity index (χ1n) is 11.1. The molecule has 0 radical (unpaired) electrons. The van der Waals surface area contributed by atoms with Gasteiger partial charge in [0.1, 0.15) is 10.6 Å². The number of hydrogen-bond acceptors (Lipinski definition) is 6. The number of thioether (sulfide) groups is 1. The minimum Gasteiger partial charge on any atom is -0.365 e. The first-order chi connectivity index (χ1) is 16.1. The zero-order chi connectivity index (χ0) is 22.8. The van der Waals surface area contributed by atoms with Gasteiger partial charge in [0.25, 0.3) is 0 Å². The molecule has 2 heterocycles. The molecular formula is C26H24BrN3OS2. The number of aromatic nitrogens is 2. The molecule has 7 heteroatoms. The van der Waals surface area contributed by atoms with Crippen molar-refractivity contribution in [2.75, 3.05) is 11.1 Å². The zero-order valence-corrected chi connectivity index (χ0v) is 21.5. The number of fused-ring (bicyclic) bond motifs is 3. The fourth-order valence-corrected chi connectivity index (χ4v) is 6.59. The van der Waals surface area contributed by atoms with Crippen LogP contribution in [0.3, 0.4) is 0 Å². The molecule has 5 rings (SSSR count). The highest BCUT2D eigenvalue weighted by Gasteiger charge is 2.24. The lowest BCUT2D eigenvalue weighted by molar-refractivity contribution is 0.102. The van der Waals surface area contributed by atoms with E-state index in [9.17, 15) is 4.79 Å². The van der Waals surface area contributed by atoms with Gasteiger partial charge in [-0.25, -0.2) is 9.97 Å². The average molecular weight is 539 g/mol. The van der Waals surface area contributed by atoms with Gasteiger partial charge in [0, 0.05) is 21.5 Å². The Hall–Kier alpha value is -2.22. The van der Waals surface area contributed by atoms with Gasteiger partial charge in [-0.3, -0.25) is 4.79 Å². The highest BCUT2D eigenvalue weighted by atomic mass is 79.9. The Kier molecular flexibility index (Phi) is 6.81. The number of thiophene rings is 1. The lowest BCUT2D eigenvalue weighted by Gasteiger charge is -2.18. The Balaban J connectivity index is 1.43. The minimum absolute atomic E-state index is 0.0780. The van der Waals surface area contributed by atoms with Crippen molar-refractivity contribution in [2.45, 2.75) is 37.9 Å². The van der Waals surface area contributed by atoms with Gasteiger partial charge in [0.05, 0.1) is 11.1 Å². The molecule has 2 aromatic carbocycles. The Morgan fingerprint density at radius 1 is 1.15 bits per heavy atom. The Morgan fingerprint density at radius 3 is 2.73 bits per heavy atom. The fraction of sp³-hybridized carbons (Fsp3) is 0.269. The summed E-state index contributed by atoms with van der Waals surface area (Å²) in [6.45, 7) is 3.03. The van der Waals surface area contributed by atoms with E-state index in [0.717, 1.165) is 28.0 Å². The van der Waals surface area contributed by atoms with Gasteiger partial charge < -0.3 is 5.32 Å². The van der Waals surface area contributed by atoms with E-state index in [1.54, 1.807) is 11.3 Å².